The first-order valence-electron chi connectivity index (χ1n) is 5.09. The largest absolute Gasteiger partial charge is 0.388 e. The van der Waals surface area contributed by atoms with E-state index >= 15 is 0 Å². The highest BCUT2D eigenvalue weighted by Crippen LogP contribution is 2.24. The molecule has 2 heteroatoms. The van der Waals surface area contributed by atoms with Crippen molar-refractivity contribution >= 4 is 15.9 Å². The van der Waals surface area contributed by atoms with Crippen molar-refractivity contribution in [3.8, 4) is 0 Å². The number of hydrogen-bond donors (Lipinski definition) is 1. The molecule has 0 aliphatic heterocycles. The van der Waals surface area contributed by atoms with Gasteiger partial charge in [-0.2, -0.15) is 0 Å². The predicted molar refractivity (Wildman–Crippen MR) is 63.4 cm³/mol. The van der Waals surface area contributed by atoms with E-state index in [0.717, 1.165) is 34.9 Å². The zero-order chi connectivity index (χ0) is 10.6. The molecule has 0 saturated heterocycles. The molecule has 1 nitrogen and oxygen atoms in total. The molecule has 0 aliphatic carbocycles. The maximum absolute atomic E-state index is 9.91. The molecule has 1 unspecified atom stereocenters. The van der Waals surface area contributed by atoms with Gasteiger partial charge < -0.3 is 5.11 Å². The maximum Gasteiger partial charge on any atom is 0.0792 e. The van der Waals surface area contributed by atoms with Crippen molar-refractivity contribution in [2.75, 3.05) is 0 Å². The van der Waals surface area contributed by atoms with Crippen LogP contribution in [0.25, 0.3) is 0 Å². The Morgan fingerprint density at radius 2 is 2.14 bits per heavy atom. The third kappa shape index (κ3) is 3.10. The van der Waals surface area contributed by atoms with Crippen LogP contribution in [0, 0.1) is 6.92 Å². The molecule has 0 bridgehead atoms. The summed E-state index contributed by atoms with van der Waals surface area (Å²) >= 11 is 3.42. The van der Waals surface area contributed by atoms with Gasteiger partial charge in [-0.3, -0.25) is 0 Å². The number of halogens is 1. The lowest BCUT2D eigenvalue weighted by molar-refractivity contribution is 0.163. The summed E-state index contributed by atoms with van der Waals surface area (Å²) in [6.45, 7) is 4.18. The fourth-order valence-corrected chi connectivity index (χ4v) is 2.04. The van der Waals surface area contributed by atoms with E-state index in [0.29, 0.717) is 0 Å². The molecule has 0 heterocycles. The van der Waals surface area contributed by atoms with Crippen LogP contribution in [0.4, 0.5) is 0 Å². The molecular formula is C12H17BrO. The topological polar surface area (TPSA) is 20.2 Å². The van der Waals surface area contributed by atoms with Crippen molar-refractivity contribution in [1.29, 1.82) is 0 Å². The van der Waals surface area contributed by atoms with Gasteiger partial charge in [0.15, 0.2) is 0 Å². The predicted octanol–water partition coefficient (Wildman–Crippen LogP) is 3.98. The summed E-state index contributed by atoms with van der Waals surface area (Å²) in [5.74, 6) is 0. The van der Waals surface area contributed by atoms with Gasteiger partial charge in [-0.05, 0) is 36.6 Å². The van der Waals surface area contributed by atoms with Gasteiger partial charge in [-0.25, -0.2) is 0 Å². The minimum atomic E-state index is -0.303. The Morgan fingerprint density at radius 3 is 2.71 bits per heavy atom. The van der Waals surface area contributed by atoms with Crippen LogP contribution in [-0.4, -0.2) is 5.11 Å². The molecule has 0 aliphatic rings. The number of aliphatic hydroxyl groups is 1. The number of hydrogen-bond acceptors (Lipinski definition) is 1. The second-order valence-electron chi connectivity index (χ2n) is 3.66. The van der Waals surface area contributed by atoms with E-state index in [1.165, 1.54) is 0 Å². The van der Waals surface area contributed by atoms with Crippen LogP contribution < -0.4 is 0 Å². The Balaban J connectivity index is 2.74. The summed E-state index contributed by atoms with van der Waals surface area (Å²) in [4.78, 5) is 0. The summed E-state index contributed by atoms with van der Waals surface area (Å²) in [5, 5.41) is 9.91. The first kappa shape index (κ1) is 11.7. The molecule has 0 aromatic heterocycles. The van der Waals surface area contributed by atoms with Gasteiger partial charge in [0.05, 0.1) is 6.10 Å². The SMILES string of the molecule is CCCCC(O)c1ccc(Br)cc1C. The standard InChI is InChI=1S/C12H17BrO/c1-3-4-5-12(14)11-7-6-10(13)8-9(11)2/h6-8,12,14H,3-5H2,1-2H3. The van der Waals surface area contributed by atoms with Crippen LogP contribution in [0.2, 0.25) is 0 Å². The van der Waals surface area contributed by atoms with Crippen molar-refractivity contribution in [3.05, 3.63) is 33.8 Å². The number of unbranched alkanes of at least 4 members (excludes halogenated alkanes) is 1. The van der Waals surface area contributed by atoms with Gasteiger partial charge in [0.1, 0.15) is 0 Å². The molecular weight excluding hydrogens is 240 g/mol. The zero-order valence-electron chi connectivity index (χ0n) is 8.76. The minimum absolute atomic E-state index is 0.303. The minimum Gasteiger partial charge on any atom is -0.388 e. The van der Waals surface area contributed by atoms with Crippen molar-refractivity contribution in [2.45, 2.75) is 39.2 Å². The summed E-state index contributed by atoms with van der Waals surface area (Å²) < 4.78 is 1.07. The summed E-state index contributed by atoms with van der Waals surface area (Å²) in [5.41, 5.74) is 2.21. The maximum atomic E-state index is 9.91. The molecule has 1 rings (SSSR count). The summed E-state index contributed by atoms with van der Waals surface area (Å²) in [6, 6.07) is 6.03. The molecule has 14 heavy (non-hydrogen) atoms. The molecule has 1 N–H and O–H groups in total. The number of benzene rings is 1. The van der Waals surface area contributed by atoms with Crippen LogP contribution in [0.3, 0.4) is 0 Å². The van der Waals surface area contributed by atoms with Crippen LogP contribution in [0.15, 0.2) is 22.7 Å². The highest BCUT2D eigenvalue weighted by molar-refractivity contribution is 9.10. The Labute approximate surface area is 94.3 Å². The molecule has 0 saturated carbocycles. The first-order valence-corrected chi connectivity index (χ1v) is 5.88. The average molecular weight is 257 g/mol. The Morgan fingerprint density at radius 1 is 1.43 bits per heavy atom. The summed E-state index contributed by atoms with van der Waals surface area (Å²) in [6.07, 6.45) is 2.77. The fraction of sp³-hybridized carbons (Fsp3) is 0.500. The van der Waals surface area contributed by atoms with Crippen molar-refractivity contribution in [1.82, 2.24) is 0 Å². The summed E-state index contributed by atoms with van der Waals surface area (Å²) in [7, 11) is 0. The molecule has 1 aromatic rings. The normalized spacial score (nSPS) is 12.9. The van der Waals surface area contributed by atoms with Gasteiger partial charge in [0.25, 0.3) is 0 Å². The van der Waals surface area contributed by atoms with Crippen LogP contribution in [0.5, 0.6) is 0 Å². The Hall–Kier alpha value is -0.340. The van der Waals surface area contributed by atoms with Crippen molar-refractivity contribution < 1.29 is 5.11 Å². The van der Waals surface area contributed by atoms with E-state index in [9.17, 15) is 5.11 Å². The van der Waals surface area contributed by atoms with E-state index < -0.39 is 0 Å². The van der Waals surface area contributed by atoms with E-state index in [1.807, 2.05) is 25.1 Å². The lowest BCUT2D eigenvalue weighted by Gasteiger charge is -2.13. The highest BCUT2D eigenvalue weighted by atomic mass is 79.9. The number of aryl methyl sites for hydroxylation is 1. The van der Waals surface area contributed by atoms with Gasteiger partial charge in [-0.1, -0.05) is 41.8 Å². The Kier molecular flexibility index (Phi) is 4.63. The molecule has 1 aromatic carbocycles. The molecule has 0 fully saturated rings. The second-order valence-corrected chi connectivity index (χ2v) is 4.57. The van der Waals surface area contributed by atoms with Crippen molar-refractivity contribution in [3.63, 3.8) is 0 Å². The molecule has 0 amide bonds. The van der Waals surface area contributed by atoms with Crippen LogP contribution in [0.1, 0.15) is 43.4 Å². The van der Waals surface area contributed by atoms with Crippen LogP contribution in [-0.2, 0) is 0 Å². The van der Waals surface area contributed by atoms with Gasteiger partial charge in [-0.15, -0.1) is 0 Å². The Bertz CT molecular complexity index is 296. The lowest BCUT2D eigenvalue weighted by Crippen LogP contribution is -1.99. The highest BCUT2D eigenvalue weighted by Gasteiger charge is 2.09. The number of aliphatic hydroxyl groups excluding tert-OH is 1. The lowest BCUT2D eigenvalue weighted by atomic mass is 10.00. The van der Waals surface area contributed by atoms with Crippen molar-refractivity contribution in [2.24, 2.45) is 0 Å². The van der Waals surface area contributed by atoms with Gasteiger partial charge in [0.2, 0.25) is 0 Å². The number of rotatable bonds is 4. The smallest absolute Gasteiger partial charge is 0.0792 e. The van der Waals surface area contributed by atoms with E-state index in [1.54, 1.807) is 0 Å². The third-order valence-electron chi connectivity index (χ3n) is 2.42. The quantitative estimate of drug-likeness (QED) is 0.864. The van der Waals surface area contributed by atoms with E-state index in [-0.39, 0.29) is 6.10 Å². The fourth-order valence-electron chi connectivity index (χ4n) is 1.57. The third-order valence-corrected chi connectivity index (χ3v) is 2.92. The molecule has 0 spiro atoms. The van der Waals surface area contributed by atoms with Gasteiger partial charge >= 0.3 is 0 Å². The average Bonchev–Trinajstić information content (AvgIpc) is 2.14. The molecule has 0 radical (unpaired) electrons. The second kappa shape index (κ2) is 5.52. The van der Waals surface area contributed by atoms with E-state index in [4.69, 9.17) is 0 Å². The zero-order valence-corrected chi connectivity index (χ0v) is 10.3. The monoisotopic (exact) mass is 256 g/mol. The van der Waals surface area contributed by atoms with Crippen LogP contribution >= 0.6 is 15.9 Å². The van der Waals surface area contributed by atoms with Gasteiger partial charge in [0, 0.05) is 4.47 Å². The first-order chi connectivity index (χ1) is 6.65. The molecule has 1 atom stereocenters. The molecule has 78 valence electrons. The van der Waals surface area contributed by atoms with E-state index in [2.05, 4.69) is 22.9 Å².